The van der Waals surface area contributed by atoms with Crippen molar-refractivity contribution in [2.24, 2.45) is 0 Å². The Kier molecular flexibility index (Phi) is 3.77. The van der Waals surface area contributed by atoms with Gasteiger partial charge in [0.25, 0.3) is 0 Å². The second-order valence-corrected chi connectivity index (χ2v) is 7.26. The van der Waals surface area contributed by atoms with Crippen LogP contribution in [-0.4, -0.2) is 39.3 Å². The van der Waals surface area contributed by atoms with Crippen molar-refractivity contribution in [1.29, 1.82) is 0 Å². The number of carbonyl (C=O) groups is 2. The molecule has 1 atom stereocenters. The number of fused-ring (bicyclic) bond motifs is 2. The lowest BCUT2D eigenvalue weighted by Crippen LogP contribution is -2.43. The van der Waals surface area contributed by atoms with Crippen molar-refractivity contribution >= 4 is 23.2 Å². The van der Waals surface area contributed by atoms with Crippen molar-refractivity contribution in [3.8, 4) is 0 Å². The van der Waals surface area contributed by atoms with Crippen molar-refractivity contribution in [1.82, 2.24) is 14.8 Å². The van der Waals surface area contributed by atoms with E-state index in [-0.39, 0.29) is 37.7 Å². The summed E-state index contributed by atoms with van der Waals surface area (Å²) in [6.07, 6.45) is 5.69. The minimum absolute atomic E-state index is 0. The second-order valence-electron chi connectivity index (χ2n) is 7.26. The Morgan fingerprint density at radius 2 is 2.14 bits per heavy atom. The number of rotatable bonds is 3. The average molecular weight is 396 g/mol. The average Bonchev–Trinajstić information content (AvgIpc) is 3.21. The SMILES string of the molecule is Cc1ccc(C2=C[C@@H]3C(=C2)N3C(=O)CN2Cc3c(ccc(F)c3F)NC2=O)cn1.[HH]. The fourth-order valence-corrected chi connectivity index (χ4v) is 3.72. The van der Waals surface area contributed by atoms with Crippen molar-refractivity contribution in [2.75, 3.05) is 11.9 Å². The Bertz CT molecular complexity index is 1130. The molecule has 1 fully saturated rings. The number of nitrogens with zero attached hydrogens (tertiary/aromatic N) is 3. The molecule has 0 bridgehead atoms. The van der Waals surface area contributed by atoms with Gasteiger partial charge in [0, 0.05) is 24.6 Å². The number of amides is 3. The predicted molar refractivity (Wildman–Crippen MR) is 104 cm³/mol. The highest BCUT2D eigenvalue weighted by atomic mass is 19.2. The zero-order valence-electron chi connectivity index (χ0n) is 15.4. The van der Waals surface area contributed by atoms with Crippen molar-refractivity contribution < 1.29 is 19.8 Å². The zero-order valence-corrected chi connectivity index (χ0v) is 15.4. The first kappa shape index (κ1) is 17.5. The van der Waals surface area contributed by atoms with Gasteiger partial charge >= 0.3 is 6.03 Å². The van der Waals surface area contributed by atoms with E-state index in [1.54, 1.807) is 11.1 Å². The fourth-order valence-electron chi connectivity index (χ4n) is 3.72. The second kappa shape index (κ2) is 6.23. The number of urea groups is 1. The molecule has 0 unspecified atom stereocenters. The molecule has 6 nitrogen and oxygen atoms in total. The Hall–Kier alpha value is -3.55. The number of halogens is 2. The summed E-state index contributed by atoms with van der Waals surface area (Å²) < 4.78 is 27.5. The van der Waals surface area contributed by atoms with E-state index in [0.717, 1.165) is 28.6 Å². The van der Waals surface area contributed by atoms with Gasteiger partial charge in [0.1, 0.15) is 6.54 Å². The molecule has 1 aliphatic carbocycles. The van der Waals surface area contributed by atoms with Gasteiger partial charge in [-0.25, -0.2) is 13.6 Å². The molecule has 148 valence electrons. The molecule has 3 heterocycles. The number of carbonyl (C=O) groups excluding carboxylic acids is 2. The largest absolute Gasteiger partial charge is 0.322 e. The summed E-state index contributed by atoms with van der Waals surface area (Å²) in [6.45, 7) is 1.53. The van der Waals surface area contributed by atoms with Crippen LogP contribution in [0.5, 0.6) is 0 Å². The van der Waals surface area contributed by atoms with Crippen molar-refractivity contribution in [2.45, 2.75) is 19.5 Å². The van der Waals surface area contributed by atoms with Gasteiger partial charge in [0.2, 0.25) is 5.91 Å². The molecule has 2 aromatic rings. The Balaban J connectivity index is 0.00000218. The molecular formula is C21H18F2N4O2. The monoisotopic (exact) mass is 396 g/mol. The molecule has 1 N–H and O–H groups in total. The van der Waals surface area contributed by atoms with Crippen LogP contribution < -0.4 is 5.32 Å². The van der Waals surface area contributed by atoms with Crippen LogP contribution in [0, 0.1) is 18.6 Å². The van der Waals surface area contributed by atoms with Gasteiger partial charge in [-0.1, -0.05) is 6.07 Å². The van der Waals surface area contributed by atoms with E-state index < -0.39 is 17.7 Å². The van der Waals surface area contributed by atoms with Crippen LogP contribution in [0.25, 0.3) is 5.57 Å². The molecule has 0 radical (unpaired) electrons. The quantitative estimate of drug-likeness (QED) is 0.809. The molecule has 29 heavy (non-hydrogen) atoms. The highest BCUT2D eigenvalue weighted by Gasteiger charge is 2.47. The van der Waals surface area contributed by atoms with E-state index in [9.17, 15) is 18.4 Å². The van der Waals surface area contributed by atoms with Crippen molar-refractivity contribution in [3.05, 3.63) is 76.8 Å². The fraction of sp³-hybridized carbons (Fsp3) is 0.190. The number of aromatic nitrogens is 1. The van der Waals surface area contributed by atoms with Gasteiger partial charge in [-0.15, -0.1) is 0 Å². The molecule has 8 heteroatoms. The first-order valence-electron chi connectivity index (χ1n) is 9.13. The lowest BCUT2D eigenvalue weighted by Gasteiger charge is -2.29. The Morgan fingerprint density at radius 3 is 2.83 bits per heavy atom. The molecule has 2 aliphatic heterocycles. The third kappa shape index (κ3) is 2.88. The maximum Gasteiger partial charge on any atom is 0.322 e. The minimum atomic E-state index is -1.01. The van der Waals surface area contributed by atoms with Gasteiger partial charge in [-0.05, 0) is 48.4 Å². The van der Waals surface area contributed by atoms with Crippen LogP contribution in [0.1, 0.15) is 18.2 Å². The number of anilines is 1. The smallest absolute Gasteiger partial charge is 0.311 e. The van der Waals surface area contributed by atoms with Crippen molar-refractivity contribution in [3.63, 3.8) is 0 Å². The Labute approximate surface area is 166 Å². The first-order valence-corrected chi connectivity index (χ1v) is 9.13. The first-order chi connectivity index (χ1) is 13.9. The Morgan fingerprint density at radius 1 is 1.31 bits per heavy atom. The standard InChI is InChI=1S/C21H16F2N4O2.H2/c1-11-2-3-12(8-24-11)13-6-17-18(7-13)27(17)19(28)10-26-9-14-16(25-21(26)29)5-4-15(22)20(14)23;/h2-8,17H,9-10H2,1H3,(H,25,29);1H/t17-,27?;/m1./s1. The molecule has 0 spiro atoms. The van der Waals surface area contributed by atoms with Crippen LogP contribution >= 0.6 is 0 Å². The van der Waals surface area contributed by atoms with E-state index >= 15 is 0 Å². The van der Waals surface area contributed by atoms with Crippen LogP contribution in [0.2, 0.25) is 0 Å². The van der Waals surface area contributed by atoms with Gasteiger partial charge in [-0.2, -0.15) is 0 Å². The zero-order chi connectivity index (χ0) is 20.3. The van der Waals surface area contributed by atoms with Gasteiger partial charge in [0.05, 0.1) is 18.3 Å². The molecule has 3 aliphatic rings. The molecule has 3 amide bonds. The molecular weight excluding hydrogens is 378 g/mol. The summed E-state index contributed by atoms with van der Waals surface area (Å²) in [4.78, 5) is 31.9. The molecule has 5 rings (SSSR count). The van der Waals surface area contributed by atoms with E-state index in [1.807, 2.05) is 31.2 Å². The summed E-state index contributed by atoms with van der Waals surface area (Å²) in [5.74, 6) is -2.26. The summed E-state index contributed by atoms with van der Waals surface area (Å²) in [6, 6.07) is 5.55. The lowest BCUT2D eigenvalue weighted by molar-refractivity contribution is -0.126. The molecule has 0 saturated carbocycles. The number of aryl methyl sites for hydroxylation is 1. The third-order valence-electron chi connectivity index (χ3n) is 5.35. The maximum atomic E-state index is 14.0. The van der Waals surface area contributed by atoms with E-state index in [2.05, 4.69) is 10.3 Å². The van der Waals surface area contributed by atoms with Crippen LogP contribution in [0.3, 0.4) is 0 Å². The normalized spacial score (nSPS) is 19.3. The van der Waals surface area contributed by atoms with E-state index in [4.69, 9.17) is 0 Å². The van der Waals surface area contributed by atoms with E-state index in [0.29, 0.717) is 0 Å². The highest BCUT2D eigenvalue weighted by molar-refractivity contribution is 5.97. The third-order valence-corrected chi connectivity index (χ3v) is 5.35. The number of allylic oxidation sites excluding steroid dienone is 2. The molecule has 1 saturated heterocycles. The van der Waals surface area contributed by atoms with Crippen LogP contribution in [0.15, 0.2) is 48.3 Å². The van der Waals surface area contributed by atoms with Gasteiger partial charge in [0.15, 0.2) is 11.6 Å². The lowest BCUT2D eigenvalue weighted by atomic mass is 10.1. The number of hydrogen-bond donors (Lipinski definition) is 1. The molecule has 1 aromatic carbocycles. The van der Waals surface area contributed by atoms with Gasteiger partial charge in [-0.3, -0.25) is 14.7 Å². The van der Waals surface area contributed by atoms with Crippen LogP contribution in [-0.2, 0) is 11.3 Å². The summed E-state index contributed by atoms with van der Waals surface area (Å²) >= 11 is 0. The number of hydrogen-bond acceptors (Lipinski definition) is 3. The number of benzene rings is 1. The minimum Gasteiger partial charge on any atom is -0.311 e. The topological polar surface area (TPSA) is 65.3 Å². The summed E-state index contributed by atoms with van der Waals surface area (Å²) in [5.41, 5.74) is 4.04. The highest BCUT2D eigenvalue weighted by Crippen LogP contribution is 2.43. The number of pyridine rings is 1. The molecule has 1 aromatic heterocycles. The van der Waals surface area contributed by atoms with E-state index in [1.165, 1.54) is 11.0 Å². The van der Waals surface area contributed by atoms with Gasteiger partial charge < -0.3 is 10.2 Å². The predicted octanol–water partition coefficient (Wildman–Crippen LogP) is 3.45. The summed E-state index contributed by atoms with van der Waals surface area (Å²) in [7, 11) is 0. The maximum absolute atomic E-state index is 14.0. The summed E-state index contributed by atoms with van der Waals surface area (Å²) in [5, 5.41) is 2.50. The van der Waals surface area contributed by atoms with Crippen LogP contribution in [0.4, 0.5) is 19.3 Å². The number of nitrogens with one attached hydrogen (secondary N) is 1.